The van der Waals surface area contributed by atoms with Crippen molar-refractivity contribution in [1.82, 2.24) is 14.8 Å². The third kappa shape index (κ3) is 3.76. The van der Waals surface area contributed by atoms with Crippen molar-refractivity contribution in [3.8, 4) is 5.75 Å². The van der Waals surface area contributed by atoms with Crippen molar-refractivity contribution >= 4 is 23.4 Å². The first-order valence-corrected chi connectivity index (χ1v) is 10.8. The van der Waals surface area contributed by atoms with E-state index in [1.54, 1.807) is 0 Å². The number of carbonyl (C=O) groups is 2. The quantitative estimate of drug-likeness (QED) is 0.640. The van der Waals surface area contributed by atoms with Crippen molar-refractivity contribution in [2.75, 3.05) is 6.54 Å². The number of pyridine rings is 1. The van der Waals surface area contributed by atoms with E-state index in [9.17, 15) is 28.3 Å². The van der Waals surface area contributed by atoms with Gasteiger partial charge in [0.1, 0.15) is 22.2 Å². The summed E-state index contributed by atoms with van der Waals surface area (Å²) in [6, 6.07) is 2.08. The number of amides is 2. The monoisotopic (exact) mass is 481 g/mol. The summed E-state index contributed by atoms with van der Waals surface area (Å²) < 4.78 is 34.9. The number of fused-ring (bicyclic) bond motifs is 2. The van der Waals surface area contributed by atoms with Crippen molar-refractivity contribution in [1.29, 1.82) is 0 Å². The Morgan fingerprint density at radius 3 is 2.79 bits per heavy atom. The first-order chi connectivity index (χ1) is 15.6. The minimum Gasteiger partial charge on any atom is -0.503 e. The van der Waals surface area contributed by atoms with E-state index in [1.807, 2.05) is 13.8 Å². The number of halogens is 3. The van der Waals surface area contributed by atoms with Gasteiger partial charge in [0.05, 0.1) is 12.6 Å². The number of hydrogen-bond donors (Lipinski definition) is 2. The number of carbonyl (C=O) groups excluding carboxylic acids is 2. The molecule has 2 aliphatic rings. The molecule has 3 heterocycles. The Morgan fingerprint density at radius 2 is 2.09 bits per heavy atom. The van der Waals surface area contributed by atoms with Crippen LogP contribution in [0.5, 0.6) is 5.75 Å². The lowest BCUT2D eigenvalue weighted by atomic mass is 10.0. The van der Waals surface area contributed by atoms with Crippen LogP contribution in [0.25, 0.3) is 0 Å². The van der Waals surface area contributed by atoms with Gasteiger partial charge in [-0.05, 0) is 19.4 Å². The fourth-order valence-corrected chi connectivity index (χ4v) is 4.67. The molecule has 1 aromatic carbocycles. The highest BCUT2D eigenvalue weighted by Crippen LogP contribution is 2.39. The lowest BCUT2D eigenvalue weighted by molar-refractivity contribution is -0.111. The van der Waals surface area contributed by atoms with Crippen LogP contribution in [-0.2, 0) is 17.8 Å². The molecule has 1 fully saturated rings. The smallest absolute Gasteiger partial charge is 0.276 e. The van der Waals surface area contributed by atoms with Gasteiger partial charge in [-0.25, -0.2) is 8.78 Å². The molecule has 33 heavy (non-hydrogen) atoms. The van der Waals surface area contributed by atoms with Crippen LogP contribution in [0.4, 0.5) is 8.78 Å². The van der Waals surface area contributed by atoms with Crippen LogP contribution in [0.15, 0.2) is 23.1 Å². The van der Waals surface area contributed by atoms with E-state index in [0.717, 1.165) is 18.6 Å². The average molecular weight is 482 g/mol. The molecule has 0 spiro atoms. The summed E-state index contributed by atoms with van der Waals surface area (Å²) in [6.07, 6.45) is 2.21. The number of aromatic hydroxyl groups is 1. The Labute approximate surface area is 192 Å². The summed E-state index contributed by atoms with van der Waals surface area (Å²) >= 11 is 5.55. The molecule has 2 aromatic rings. The number of nitrogens with zero attached hydrogens (tertiary/aromatic N) is 2. The molecule has 8 nitrogen and oxygen atoms in total. The standard InChI is InChI=1S/C22H22ClF2N3O5/c1-3-6-22-10-27-9-13(20(31)26-7-12-4-5-14(24)15(23)16(12)25)18(29)19(30)17(27)21(32)28(22)8-11(2)33-22/h4-5,9,11,30H,3,6-8,10H2,1-2H3,(H,26,31)/t11-,22+/m1/s1. The molecule has 0 aliphatic carbocycles. The van der Waals surface area contributed by atoms with Crippen LogP contribution < -0.4 is 10.7 Å². The molecular formula is C22H22ClF2N3O5. The zero-order valence-electron chi connectivity index (χ0n) is 18.0. The molecule has 1 saturated heterocycles. The van der Waals surface area contributed by atoms with E-state index in [0.29, 0.717) is 13.0 Å². The maximum atomic E-state index is 14.1. The summed E-state index contributed by atoms with van der Waals surface area (Å²) in [5, 5.41) is 12.2. The molecule has 11 heteroatoms. The maximum absolute atomic E-state index is 14.1. The second-order valence-corrected chi connectivity index (χ2v) is 8.63. The van der Waals surface area contributed by atoms with Crippen molar-refractivity contribution < 1.29 is 28.2 Å². The van der Waals surface area contributed by atoms with E-state index in [4.69, 9.17) is 16.3 Å². The van der Waals surface area contributed by atoms with Crippen molar-refractivity contribution in [2.24, 2.45) is 0 Å². The minimum atomic E-state index is -1.03. The van der Waals surface area contributed by atoms with Gasteiger partial charge >= 0.3 is 0 Å². The maximum Gasteiger partial charge on any atom is 0.276 e. The average Bonchev–Trinajstić information content (AvgIpc) is 3.10. The van der Waals surface area contributed by atoms with Gasteiger partial charge in [-0.2, -0.15) is 0 Å². The Hall–Kier alpha value is -2.98. The molecule has 0 bridgehead atoms. The fourth-order valence-electron chi connectivity index (χ4n) is 4.48. The Balaban J connectivity index is 1.67. The molecule has 2 N–H and O–H groups in total. The van der Waals surface area contributed by atoms with Crippen molar-refractivity contribution in [2.45, 2.75) is 51.6 Å². The number of ether oxygens (including phenoxy) is 1. The highest BCUT2D eigenvalue weighted by Gasteiger charge is 2.52. The van der Waals surface area contributed by atoms with Gasteiger partial charge in [0.25, 0.3) is 11.8 Å². The highest BCUT2D eigenvalue weighted by molar-refractivity contribution is 6.30. The number of hydrogen-bond acceptors (Lipinski definition) is 5. The van der Waals surface area contributed by atoms with Crippen LogP contribution in [0.2, 0.25) is 5.02 Å². The second-order valence-electron chi connectivity index (χ2n) is 8.25. The largest absolute Gasteiger partial charge is 0.503 e. The molecule has 1 aromatic heterocycles. The van der Waals surface area contributed by atoms with E-state index in [1.165, 1.54) is 15.7 Å². The molecule has 0 saturated carbocycles. The molecule has 2 atom stereocenters. The summed E-state index contributed by atoms with van der Waals surface area (Å²) in [7, 11) is 0. The number of aromatic nitrogens is 1. The summed E-state index contributed by atoms with van der Waals surface area (Å²) in [5.41, 5.74) is -2.69. The van der Waals surface area contributed by atoms with Gasteiger partial charge in [-0.3, -0.25) is 14.4 Å². The van der Waals surface area contributed by atoms with Crippen LogP contribution >= 0.6 is 11.6 Å². The van der Waals surface area contributed by atoms with Crippen molar-refractivity contribution in [3.63, 3.8) is 0 Å². The van der Waals surface area contributed by atoms with Crippen LogP contribution in [0.1, 0.15) is 53.1 Å². The highest BCUT2D eigenvalue weighted by atomic mass is 35.5. The molecule has 2 aliphatic heterocycles. The Bertz CT molecular complexity index is 1220. The summed E-state index contributed by atoms with van der Waals surface area (Å²) in [4.78, 5) is 40.1. The molecule has 0 unspecified atom stereocenters. The number of rotatable bonds is 5. The lowest BCUT2D eigenvalue weighted by Crippen LogP contribution is -2.56. The second kappa shape index (κ2) is 8.42. The van der Waals surface area contributed by atoms with E-state index < -0.39 is 50.9 Å². The molecule has 176 valence electrons. The van der Waals surface area contributed by atoms with Crippen LogP contribution in [0, 0.1) is 11.6 Å². The van der Waals surface area contributed by atoms with E-state index in [-0.39, 0.29) is 30.5 Å². The lowest BCUT2D eigenvalue weighted by Gasteiger charge is -2.42. The molecular weight excluding hydrogens is 460 g/mol. The van der Waals surface area contributed by atoms with Gasteiger partial charge in [-0.1, -0.05) is 31.0 Å². The topological polar surface area (TPSA) is 101 Å². The zero-order chi connectivity index (χ0) is 24.1. The van der Waals surface area contributed by atoms with E-state index >= 15 is 0 Å². The van der Waals surface area contributed by atoms with Crippen LogP contribution in [-0.4, -0.2) is 44.8 Å². The molecule has 4 rings (SSSR count). The Kier molecular flexibility index (Phi) is 5.92. The predicted octanol–water partition coefficient (Wildman–Crippen LogP) is 2.79. The van der Waals surface area contributed by atoms with E-state index in [2.05, 4.69) is 5.32 Å². The SMILES string of the molecule is CCC[C@]12Cn3cc(C(=O)NCc4ccc(F)c(Cl)c4F)c(=O)c(O)c3C(=O)N1C[C@@H](C)O2. The van der Waals surface area contributed by atoms with Gasteiger partial charge in [0.2, 0.25) is 5.43 Å². The van der Waals surface area contributed by atoms with Crippen LogP contribution in [0.3, 0.4) is 0 Å². The van der Waals surface area contributed by atoms with Gasteiger partial charge in [0, 0.05) is 24.8 Å². The summed E-state index contributed by atoms with van der Waals surface area (Å²) in [6.45, 7) is 3.85. The fraction of sp³-hybridized carbons (Fsp3) is 0.409. The first-order valence-electron chi connectivity index (χ1n) is 10.5. The van der Waals surface area contributed by atoms with Gasteiger partial charge in [-0.15, -0.1) is 0 Å². The van der Waals surface area contributed by atoms with Gasteiger partial charge < -0.3 is 24.6 Å². The molecule has 0 radical (unpaired) electrons. The minimum absolute atomic E-state index is 0.0851. The normalized spacial score (nSPS) is 21.7. The predicted molar refractivity (Wildman–Crippen MR) is 114 cm³/mol. The number of nitrogens with one attached hydrogen (secondary N) is 1. The van der Waals surface area contributed by atoms with Crippen molar-refractivity contribution in [3.05, 3.63) is 62.0 Å². The zero-order valence-corrected chi connectivity index (χ0v) is 18.7. The van der Waals surface area contributed by atoms with Gasteiger partial charge in [0.15, 0.2) is 17.2 Å². The number of benzene rings is 1. The third-order valence-electron chi connectivity index (χ3n) is 5.91. The third-order valence-corrected chi connectivity index (χ3v) is 6.26. The molecule has 2 amide bonds. The Morgan fingerprint density at radius 1 is 1.36 bits per heavy atom. The first kappa shape index (κ1) is 23.2. The summed E-state index contributed by atoms with van der Waals surface area (Å²) in [5.74, 6) is -4.26.